The average molecular weight is 441 g/mol. The minimum Gasteiger partial charge on any atom is -0.488 e. The molecule has 2 aromatic rings. The number of hydrogen-bond donors (Lipinski definition) is 2. The van der Waals surface area contributed by atoms with Gasteiger partial charge in [0.15, 0.2) is 0 Å². The maximum atomic E-state index is 12.0. The van der Waals surface area contributed by atoms with Gasteiger partial charge in [-0.1, -0.05) is 0 Å². The largest absolute Gasteiger partial charge is 0.488 e. The predicted molar refractivity (Wildman–Crippen MR) is 124 cm³/mol. The third kappa shape index (κ3) is 5.07. The number of aromatic nitrogens is 1. The van der Waals surface area contributed by atoms with Gasteiger partial charge in [0.1, 0.15) is 17.1 Å². The molecule has 2 fully saturated rings. The summed E-state index contributed by atoms with van der Waals surface area (Å²) in [5.41, 5.74) is 9.68. The molecule has 0 spiro atoms. The first kappa shape index (κ1) is 22.2. The van der Waals surface area contributed by atoms with E-state index in [1.165, 1.54) is 7.11 Å². The molecule has 32 heavy (non-hydrogen) atoms. The summed E-state index contributed by atoms with van der Waals surface area (Å²) >= 11 is 0. The molecule has 0 amide bonds. The Labute approximate surface area is 189 Å². The molecular weight excluding hydrogens is 408 g/mol. The third-order valence-electron chi connectivity index (χ3n) is 6.23. The second-order valence-corrected chi connectivity index (χ2v) is 8.40. The first-order valence-corrected chi connectivity index (χ1v) is 11.2. The summed E-state index contributed by atoms with van der Waals surface area (Å²) in [6, 6.07) is 7.88. The zero-order valence-electron chi connectivity index (χ0n) is 18.8. The van der Waals surface area contributed by atoms with Gasteiger partial charge >= 0.3 is 5.97 Å². The molecule has 0 bridgehead atoms. The zero-order valence-corrected chi connectivity index (χ0v) is 18.8. The van der Waals surface area contributed by atoms with Gasteiger partial charge in [0.05, 0.1) is 32.1 Å². The molecule has 1 aliphatic heterocycles. The van der Waals surface area contributed by atoms with Crippen LogP contribution in [0.25, 0.3) is 0 Å². The van der Waals surface area contributed by atoms with Crippen LogP contribution in [0.5, 0.6) is 5.75 Å². The number of ether oxygens (including phenoxy) is 3. The van der Waals surface area contributed by atoms with Crippen molar-refractivity contribution in [3.63, 3.8) is 0 Å². The Morgan fingerprint density at radius 3 is 2.69 bits per heavy atom. The van der Waals surface area contributed by atoms with Gasteiger partial charge in [0.25, 0.3) is 0 Å². The molecule has 1 aromatic carbocycles. The number of carbonyl (C=O) groups excluding carboxylic acids is 1. The molecule has 1 aromatic heterocycles. The molecule has 0 atom stereocenters. The fourth-order valence-electron chi connectivity index (χ4n) is 4.34. The fourth-order valence-corrected chi connectivity index (χ4v) is 4.34. The average Bonchev–Trinajstić information content (AvgIpc) is 2.83. The maximum Gasteiger partial charge on any atom is 0.341 e. The molecule has 172 valence electrons. The van der Waals surface area contributed by atoms with Crippen molar-refractivity contribution >= 4 is 23.2 Å². The van der Waals surface area contributed by atoms with E-state index in [1.807, 2.05) is 6.92 Å². The molecular formula is C24H32N4O4. The Morgan fingerprint density at radius 2 is 1.97 bits per heavy atom. The summed E-state index contributed by atoms with van der Waals surface area (Å²) < 4.78 is 16.7. The number of nitrogens with one attached hydrogen (secondary N) is 1. The molecule has 1 saturated heterocycles. The van der Waals surface area contributed by atoms with E-state index in [9.17, 15) is 4.79 Å². The number of rotatable bonds is 6. The summed E-state index contributed by atoms with van der Waals surface area (Å²) in [7, 11) is 1.38. The van der Waals surface area contributed by atoms with E-state index in [0.717, 1.165) is 69.0 Å². The van der Waals surface area contributed by atoms with Gasteiger partial charge in [-0.25, -0.2) is 9.78 Å². The number of nitrogens with zero attached hydrogens (tertiary/aromatic N) is 2. The monoisotopic (exact) mass is 440 g/mol. The van der Waals surface area contributed by atoms with Gasteiger partial charge in [-0.05, 0) is 56.4 Å². The van der Waals surface area contributed by atoms with Gasteiger partial charge in [-0.15, -0.1) is 0 Å². The van der Waals surface area contributed by atoms with Crippen LogP contribution in [0.4, 0.5) is 17.2 Å². The van der Waals surface area contributed by atoms with Crippen LogP contribution in [-0.2, 0) is 9.47 Å². The normalized spacial score (nSPS) is 21.1. The zero-order chi connectivity index (χ0) is 22.5. The predicted octanol–water partition coefficient (Wildman–Crippen LogP) is 3.40. The van der Waals surface area contributed by atoms with Gasteiger partial charge in [0, 0.05) is 37.1 Å². The Hall–Kier alpha value is -3.00. The molecule has 1 aliphatic carbocycles. The first-order chi connectivity index (χ1) is 15.5. The number of anilines is 3. The van der Waals surface area contributed by atoms with Gasteiger partial charge in [0.2, 0.25) is 0 Å². The minimum atomic E-state index is -0.386. The molecule has 2 aliphatic rings. The molecule has 1 saturated carbocycles. The number of carbonyl (C=O) groups is 1. The number of hydrogen-bond acceptors (Lipinski definition) is 8. The van der Waals surface area contributed by atoms with Gasteiger partial charge in [-0.3, -0.25) is 0 Å². The third-order valence-corrected chi connectivity index (χ3v) is 6.23. The summed E-state index contributed by atoms with van der Waals surface area (Å²) in [4.78, 5) is 18.6. The highest BCUT2D eigenvalue weighted by Gasteiger charge is 2.25. The van der Waals surface area contributed by atoms with Crippen molar-refractivity contribution in [1.29, 1.82) is 0 Å². The first-order valence-electron chi connectivity index (χ1n) is 11.2. The van der Waals surface area contributed by atoms with Crippen LogP contribution in [0.3, 0.4) is 0 Å². The van der Waals surface area contributed by atoms with Crippen LogP contribution in [0, 0.1) is 6.92 Å². The standard InChI is InChI=1S/C24H32N4O4/c1-16-14-18(28-10-12-31-13-11-28)15-21(22(16)25)32-19-7-5-17(6-8-19)27-23-20(24(29)30-2)4-3-9-26-23/h3-4,9,14-15,17,19H,5-8,10-13,25H2,1-2H3,(H,26,27)/t17-,19+. The number of benzene rings is 1. The van der Waals surface area contributed by atoms with Crippen LogP contribution >= 0.6 is 0 Å². The van der Waals surface area contributed by atoms with E-state index in [1.54, 1.807) is 18.3 Å². The smallest absolute Gasteiger partial charge is 0.341 e. The topological polar surface area (TPSA) is 98.9 Å². The van der Waals surface area contributed by atoms with Crippen LogP contribution in [0.2, 0.25) is 0 Å². The molecule has 4 rings (SSSR count). The number of aryl methyl sites for hydroxylation is 1. The minimum absolute atomic E-state index is 0.110. The summed E-state index contributed by atoms with van der Waals surface area (Å²) in [5, 5.41) is 3.41. The Balaban J connectivity index is 1.37. The maximum absolute atomic E-state index is 12.0. The van der Waals surface area contributed by atoms with Crippen molar-refractivity contribution in [2.45, 2.75) is 44.8 Å². The van der Waals surface area contributed by atoms with Gasteiger partial charge < -0.3 is 30.2 Å². The van der Waals surface area contributed by atoms with Crippen molar-refractivity contribution < 1.29 is 19.0 Å². The molecule has 0 radical (unpaired) electrons. The number of pyridine rings is 1. The number of morpholine rings is 1. The molecule has 0 unspecified atom stereocenters. The lowest BCUT2D eigenvalue weighted by Gasteiger charge is -2.32. The Bertz CT molecular complexity index is 938. The molecule has 3 N–H and O–H groups in total. The highest BCUT2D eigenvalue weighted by atomic mass is 16.5. The van der Waals surface area contributed by atoms with E-state index in [4.69, 9.17) is 19.9 Å². The van der Waals surface area contributed by atoms with E-state index < -0.39 is 0 Å². The van der Waals surface area contributed by atoms with Crippen molar-refractivity contribution in [2.75, 3.05) is 49.4 Å². The van der Waals surface area contributed by atoms with E-state index >= 15 is 0 Å². The second kappa shape index (κ2) is 10.1. The van der Waals surface area contributed by atoms with Crippen molar-refractivity contribution in [2.24, 2.45) is 0 Å². The van der Waals surface area contributed by atoms with Crippen LogP contribution in [-0.4, -0.2) is 56.5 Å². The van der Waals surface area contributed by atoms with Gasteiger partial charge in [-0.2, -0.15) is 0 Å². The number of methoxy groups -OCH3 is 1. The quantitative estimate of drug-likeness (QED) is 0.521. The number of esters is 1. The lowest BCUT2D eigenvalue weighted by molar-refractivity contribution is 0.0601. The lowest BCUT2D eigenvalue weighted by Crippen LogP contribution is -2.36. The fraction of sp³-hybridized carbons (Fsp3) is 0.500. The lowest BCUT2D eigenvalue weighted by atomic mass is 9.92. The highest BCUT2D eigenvalue weighted by Crippen LogP contribution is 2.35. The van der Waals surface area contributed by atoms with E-state index in [2.05, 4.69) is 27.3 Å². The summed E-state index contributed by atoms with van der Waals surface area (Å²) in [6.45, 7) is 5.26. The summed E-state index contributed by atoms with van der Waals surface area (Å²) in [5.74, 6) is 0.950. The van der Waals surface area contributed by atoms with Crippen molar-refractivity contribution in [3.05, 3.63) is 41.6 Å². The second-order valence-electron chi connectivity index (χ2n) is 8.40. The van der Waals surface area contributed by atoms with Crippen LogP contribution in [0.1, 0.15) is 41.6 Å². The highest BCUT2D eigenvalue weighted by molar-refractivity contribution is 5.94. The van der Waals surface area contributed by atoms with Crippen molar-refractivity contribution in [1.82, 2.24) is 4.98 Å². The van der Waals surface area contributed by atoms with Crippen molar-refractivity contribution in [3.8, 4) is 5.75 Å². The molecule has 8 nitrogen and oxygen atoms in total. The SMILES string of the molecule is COC(=O)c1cccnc1N[C@H]1CC[C@@H](Oc2cc(N3CCOCC3)cc(C)c2N)CC1. The number of nitrogens with two attached hydrogens (primary N) is 1. The number of nitrogen functional groups attached to an aromatic ring is 1. The molecule has 2 heterocycles. The molecule has 8 heteroatoms. The van der Waals surface area contributed by atoms with E-state index in [-0.39, 0.29) is 18.1 Å². The van der Waals surface area contributed by atoms with E-state index in [0.29, 0.717) is 17.1 Å². The Kier molecular flexibility index (Phi) is 6.99. The van der Waals surface area contributed by atoms with Crippen LogP contribution < -0.4 is 20.7 Å². The summed E-state index contributed by atoms with van der Waals surface area (Å²) in [6.07, 6.45) is 5.43. The Morgan fingerprint density at radius 1 is 1.22 bits per heavy atom. The van der Waals surface area contributed by atoms with Crippen LogP contribution in [0.15, 0.2) is 30.5 Å².